The zero-order valence-corrected chi connectivity index (χ0v) is 11.4. The third-order valence-corrected chi connectivity index (χ3v) is 2.92. The van der Waals surface area contributed by atoms with E-state index < -0.39 is 0 Å². The van der Waals surface area contributed by atoms with E-state index in [1.807, 2.05) is 10.8 Å². The summed E-state index contributed by atoms with van der Waals surface area (Å²) in [5.74, 6) is 0.267. The van der Waals surface area contributed by atoms with Gasteiger partial charge >= 0.3 is 0 Å². The highest BCUT2D eigenvalue weighted by Gasteiger charge is 2.07. The van der Waals surface area contributed by atoms with Gasteiger partial charge in [0, 0.05) is 30.5 Å². The number of rotatable bonds is 5. The third kappa shape index (κ3) is 3.08. The zero-order chi connectivity index (χ0) is 13.0. The zero-order valence-electron chi connectivity index (χ0n) is 9.86. The number of hydrogen-bond acceptors (Lipinski definition) is 3. The van der Waals surface area contributed by atoms with Crippen molar-refractivity contribution in [1.29, 1.82) is 0 Å². The Bertz CT molecular complexity index is 530. The summed E-state index contributed by atoms with van der Waals surface area (Å²) in [6, 6.07) is 4.72. The smallest absolute Gasteiger partial charge is 0.207 e. The molecule has 0 spiro atoms. The molecule has 4 nitrogen and oxygen atoms in total. The second-order valence-electron chi connectivity index (χ2n) is 3.69. The first-order valence-corrected chi connectivity index (χ1v) is 6.22. The molecule has 2 aromatic rings. The average molecular weight is 314 g/mol. The van der Waals surface area contributed by atoms with E-state index in [1.54, 1.807) is 25.4 Å². The second-order valence-corrected chi connectivity index (χ2v) is 4.60. The minimum absolute atomic E-state index is 0.320. The van der Waals surface area contributed by atoms with Crippen LogP contribution >= 0.6 is 15.9 Å². The largest absolute Gasteiger partial charge is 0.383 e. The van der Waals surface area contributed by atoms with Crippen molar-refractivity contribution in [3.8, 4) is 0 Å². The lowest BCUT2D eigenvalue weighted by Gasteiger charge is -2.10. The molecule has 18 heavy (non-hydrogen) atoms. The van der Waals surface area contributed by atoms with Gasteiger partial charge in [-0.05, 0) is 18.2 Å². The highest BCUT2D eigenvalue weighted by Crippen LogP contribution is 2.23. The first-order valence-electron chi connectivity index (χ1n) is 5.43. The first-order chi connectivity index (χ1) is 8.70. The van der Waals surface area contributed by atoms with E-state index in [-0.39, 0.29) is 5.82 Å². The van der Waals surface area contributed by atoms with Crippen molar-refractivity contribution < 1.29 is 9.13 Å². The summed E-state index contributed by atoms with van der Waals surface area (Å²) in [5, 5.41) is 2.96. The minimum Gasteiger partial charge on any atom is -0.383 e. The monoisotopic (exact) mass is 313 g/mol. The van der Waals surface area contributed by atoms with E-state index in [0.29, 0.717) is 24.8 Å². The molecule has 0 atom stereocenters. The van der Waals surface area contributed by atoms with E-state index in [2.05, 4.69) is 26.2 Å². The quantitative estimate of drug-likeness (QED) is 0.921. The summed E-state index contributed by atoms with van der Waals surface area (Å²) >= 11 is 3.31. The van der Waals surface area contributed by atoms with Crippen LogP contribution in [0.5, 0.6) is 0 Å². The molecule has 0 aliphatic heterocycles. The lowest BCUT2D eigenvalue weighted by atomic mass is 10.3. The summed E-state index contributed by atoms with van der Waals surface area (Å²) in [4.78, 5) is 4.15. The van der Waals surface area contributed by atoms with Crippen molar-refractivity contribution in [2.75, 3.05) is 19.0 Å². The molecule has 1 heterocycles. The SMILES string of the molecule is COCCn1ccnc1Nc1cc(Br)ccc1F. The molecule has 1 aromatic carbocycles. The Morgan fingerprint density at radius 1 is 1.50 bits per heavy atom. The number of nitrogens with one attached hydrogen (secondary N) is 1. The standard InChI is InChI=1S/C12H13BrFN3O/c1-18-7-6-17-5-4-15-12(17)16-11-8-9(13)2-3-10(11)14/h2-5,8H,6-7H2,1H3,(H,15,16). The number of halogens is 2. The van der Waals surface area contributed by atoms with Crippen LogP contribution in [-0.2, 0) is 11.3 Å². The summed E-state index contributed by atoms with van der Waals surface area (Å²) in [6.45, 7) is 1.24. The van der Waals surface area contributed by atoms with Crippen LogP contribution in [-0.4, -0.2) is 23.3 Å². The van der Waals surface area contributed by atoms with Gasteiger partial charge < -0.3 is 14.6 Å². The normalized spacial score (nSPS) is 10.6. The number of anilines is 2. The molecule has 6 heteroatoms. The highest BCUT2D eigenvalue weighted by atomic mass is 79.9. The molecule has 0 aliphatic carbocycles. The maximum atomic E-state index is 13.6. The van der Waals surface area contributed by atoms with Gasteiger partial charge in [0.2, 0.25) is 5.95 Å². The molecule has 1 aromatic heterocycles. The minimum atomic E-state index is -0.320. The Balaban J connectivity index is 2.18. The van der Waals surface area contributed by atoms with Crippen LogP contribution in [0.1, 0.15) is 0 Å². The Kier molecular flexibility index (Phi) is 4.33. The fourth-order valence-corrected chi connectivity index (χ4v) is 1.88. The Labute approximate surface area is 113 Å². The first kappa shape index (κ1) is 13.0. The van der Waals surface area contributed by atoms with Gasteiger partial charge in [-0.1, -0.05) is 15.9 Å². The van der Waals surface area contributed by atoms with E-state index in [0.717, 1.165) is 4.47 Å². The summed E-state index contributed by atoms with van der Waals surface area (Å²) < 4.78 is 21.3. The lowest BCUT2D eigenvalue weighted by molar-refractivity contribution is 0.188. The van der Waals surface area contributed by atoms with Gasteiger partial charge in [-0.2, -0.15) is 0 Å². The van der Waals surface area contributed by atoms with Gasteiger partial charge in [0.15, 0.2) is 0 Å². The number of benzene rings is 1. The maximum Gasteiger partial charge on any atom is 0.207 e. The number of aromatic nitrogens is 2. The van der Waals surface area contributed by atoms with Crippen LogP contribution in [0.3, 0.4) is 0 Å². The number of ether oxygens (including phenoxy) is 1. The summed E-state index contributed by atoms with van der Waals surface area (Å²) in [7, 11) is 1.64. The molecule has 0 bridgehead atoms. The number of methoxy groups -OCH3 is 1. The molecular weight excluding hydrogens is 301 g/mol. The van der Waals surface area contributed by atoms with Gasteiger partial charge in [0.25, 0.3) is 0 Å². The van der Waals surface area contributed by atoms with Crippen molar-refractivity contribution >= 4 is 27.6 Å². The van der Waals surface area contributed by atoms with E-state index in [4.69, 9.17) is 4.74 Å². The lowest BCUT2D eigenvalue weighted by Crippen LogP contribution is -2.07. The molecule has 1 N–H and O–H groups in total. The number of imidazole rings is 1. The topological polar surface area (TPSA) is 39.1 Å². The van der Waals surface area contributed by atoms with Crippen LogP contribution < -0.4 is 5.32 Å². The Hall–Kier alpha value is -1.40. The van der Waals surface area contributed by atoms with Crippen molar-refractivity contribution in [3.63, 3.8) is 0 Å². The molecule has 96 valence electrons. The van der Waals surface area contributed by atoms with Crippen molar-refractivity contribution in [2.24, 2.45) is 0 Å². The summed E-state index contributed by atoms with van der Waals surface area (Å²) in [6.07, 6.45) is 3.48. The Morgan fingerprint density at radius 3 is 3.11 bits per heavy atom. The molecular formula is C12H13BrFN3O. The van der Waals surface area contributed by atoms with Crippen molar-refractivity contribution in [3.05, 3.63) is 40.9 Å². The highest BCUT2D eigenvalue weighted by molar-refractivity contribution is 9.10. The van der Waals surface area contributed by atoms with E-state index in [1.165, 1.54) is 6.07 Å². The van der Waals surface area contributed by atoms with Crippen molar-refractivity contribution in [2.45, 2.75) is 6.54 Å². The second kappa shape index (κ2) is 5.97. The Morgan fingerprint density at radius 2 is 2.33 bits per heavy atom. The van der Waals surface area contributed by atoms with Gasteiger partial charge in [-0.3, -0.25) is 0 Å². The number of nitrogens with zero attached hydrogens (tertiary/aromatic N) is 2. The van der Waals surface area contributed by atoms with Gasteiger partial charge in [0.05, 0.1) is 12.3 Å². The molecule has 0 amide bonds. The molecule has 2 rings (SSSR count). The molecule has 0 aliphatic rings. The number of hydrogen-bond donors (Lipinski definition) is 1. The predicted molar refractivity (Wildman–Crippen MR) is 71.5 cm³/mol. The molecule has 0 saturated heterocycles. The predicted octanol–water partition coefficient (Wildman–Crippen LogP) is 3.17. The van der Waals surface area contributed by atoms with Gasteiger partial charge in [-0.25, -0.2) is 9.37 Å². The van der Waals surface area contributed by atoms with Crippen LogP contribution in [0.4, 0.5) is 16.0 Å². The fraction of sp³-hybridized carbons (Fsp3) is 0.250. The summed E-state index contributed by atoms with van der Waals surface area (Å²) in [5.41, 5.74) is 0.384. The van der Waals surface area contributed by atoms with Crippen LogP contribution in [0.25, 0.3) is 0 Å². The van der Waals surface area contributed by atoms with Crippen molar-refractivity contribution in [1.82, 2.24) is 9.55 Å². The molecule has 0 saturated carbocycles. The van der Waals surface area contributed by atoms with E-state index in [9.17, 15) is 4.39 Å². The van der Waals surface area contributed by atoms with E-state index >= 15 is 0 Å². The van der Waals surface area contributed by atoms with Gasteiger partial charge in [0.1, 0.15) is 5.82 Å². The van der Waals surface area contributed by atoms with Crippen LogP contribution in [0.2, 0.25) is 0 Å². The van der Waals surface area contributed by atoms with Crippen LogP contribution in [0, 0.1) is 5.82 Å². The fourth-order valence-electron chi connectivity index (χ4n) is 1.52. The average Bonchev–Trinajstić information content (AvgIpc) is 2.79. The molecule has 0 radical (unpaired) electrons. The third-order valence-electron chi connectivity index (χ3n) is 2.43. The van der Waals surface area contributed by atoms with Gasteiger partial charge in [-0.15, -0.1) is 0 Å². The molecule has 0 unspecified atom stereocenters. The van der Waals surface area contributed by atoms with Crippen LogP contribution in [0.15, 0.2) is 35.1 Å². The molecule has 0 fully saturated rings. The maximum absolute atomic E-state index is 13.6.